The first-order chi connectivity index (χ1) is 7.16. The van der Waals surface area contributed by atoms with E-state index >= 15 is 0 Å². The molecule has 2 N–H and O–H groups in total. The molecule has 0 aliphatic carbocycles. The number of halogens is 1. The summed E-state index contributed by atoms with van der Waals surface area (Å²) in [6, 6.07) is 5.90. The number of hydrogen-bond donors (Lipinski definition) is 2. The molecule has 0 saturated carbocycles. The van der Waals surface area contributed by atoms with E-state index in [4.69, 9.17) is 4.74 Å². The van der Waals surface area contributed by atoms with Gasteiger partial charge in [0.15, 0.2) is 0 Å². The molecule has 2 unspecified atom stereocenters. The van der Waals surface area contributed by atoms with Gasteiger partial charge in [0, 0.05) is 17.6 Å². The lowest BCUT2D eigenvalue weighted by molar-refractivity contribution is 0.0733. The Morgan fingerprint density at radius 2 is 2.27 bits per heavy atom. The highest BCUT2D eigenvalue weighted by Gasteiger charge is 2.26. The molecule has 15 heavy (non-hydrogen) atoms. The average Bonchev–Trinajstić information content (AvgIpc) is 2.58. The Morgan fingerprint density at radius 1 is 1.47 bits per heavy atom. The van der Waals surface area contributed by atoms with E-state index in [1.807, 2.05) is 25.1 Å². The summed E-state index contributed by atoms with van der Waals surface area (Å²) in [6.45, 7) is 3.31. The molecule has 2 rings (SSSR count). The molecular formula is C11H14BrNO2. The quantitative estimate of drug-likeness (QED) is 0.856. The fourth-order valence-corrected chi connectivity index (χ4v) is 1.97. The number of ether oxygens (including phenoxy) is 1. The van der Waals surface area contributed by atoms with Gasteiger partial charge in [0.2, 0.25) is 0 Å². The van der Waals surface area contributed by atoms with Gasteiger partial charge in [-0.25, -0.2) is 0 Å². The second kappa shape index (κ2) is 4.51. The molecule has 1 aromatic carbocycles. The van der Waals surface area contributed by atoms with E-state index < -0.39 is 6.10 Å². The van der Waals surface area contributed by atoms with E-state index in [-0.39, 0.29) is 6.10 Å². The standard InChI is InChI=1S/C11H14BrNO2/c1-7-2-3-8(12)4-10(7)15-11-6-13-5-9(11)14/h2-4,9,11,13-14H,5-6H2,1H3. The molecule has 0 amide bonds. The van der Waals surface area contributed by atoms with Gasteiger partial charge < -0.3 is 15.2 Å². The van der Waals surface area contributed by atoms with Gasteiger partial charge in [-0.2, -0.15) is 0 Å². The van der Waals surface area contributed by atoms with E-state index in [9.17, 15) is 5.11 Å². The van der Waals surface area contributed by atoms with Crippen LogP contribution in [0.2, 0.25) is 0 Å². The van der Waals surface area contributed by atoms with Gasteiger partial charge in [0.05, 0.1) is 0 Å². The first-order valence-corrected chi connectivity index (χ1v) is 5.77. The van der Waals surface area contributed by atoms with Crippen LogP contribution in [0.5, 0.6) is 5.75 Å². The lowest BCUT2D eigenvalue weighted by Gasteiger charge is -2.17. The van der Waals surface area contributed by atoms with Crippen molar-refractivity contribution in [2.45, 2.75) is 19.1 Å². The van der Waals surface area contributed by atoms with Crippen molar-refractivity contribution in [1.82, 2.24) is 5.32 Å². The van der Waals surface area contributed by atoms with Crippen LogP contribution in [0.25, 0.3) is 0 Å². The van der Waals surface area contributed by atoms with E-state index in [1.165, 1.54) is 0 Å². The van der Waals surface area contributed by atoms with E-state index in [0.29, 0.717) is 13.1 Å². The third-order valence-corrected chi connectivity index (χ3v) is 3.05. The fourth-order valence-electron chi connectivity index (χ4n) is 1.63. The van der Waals surface area contributed by atoms with E-state index in [2.05, 4.69) is 21.2 Å². The smallest absolute Gasteiger partial charge is 0.138 e. The third-order valence-electron chi connectivity index (χ3n) is 2.56. The Labute approximate surface area is 97.6 Å². The highest BCUT2D eigenvalue weighted by atomic mass is 79.9. The van der Waals surface area contributed by atoms with E-state index in [1.54, 1.807) is 0 Å². The zero-order valence-corrected chi connectivity index (χ0v) is 10.1. The Balaban J connectivity index is 2.12. The molecule has 82 valence electrons. The summed E-state index contributed by atoms with van der Waals surface area (Å²) < 4.78 is 6.75. The van der Waals surface area contributed by atoms with Crippen molar-refractivity contribution in [1.29, 1.82) is 0 Å². The summed E-state index contributed by atoms with van der Waals surface area (Å²) in [5.41, 5.74) is 1.08. The van der Waals surface area contributed by atoms with E-state index in [0.717, 1.165) is 15.8 Å². The minimum atomic E-state index is -0.414. The molecule has 0 aromatic heterocycles. The van der Waals surface area contributed by atoms with Crippen molar-refractivity contribution in [3.05, 3.63) is 28.2 Å². The number of aliphatic hydroxyl groups excluding tert-OH is 1. The van der Waals surface area contributed by atoms with Crippen LogP contribution in [-0.2, 0) is 0 Å². The average molecular weight is 272 g/mol. The van der Waals surface area contributed by atoms with Crippen LogP contribution in [0.4, 0.5) is 0 Å². The second-order valence-electron chi connectivity index (χ2n) is 3.79. The predicted octanol–water partition coefficient (Wildman–Crippen LogP) is 1.47. The van der Waals surface area contributed by atoms with Crippen molar-refractivity contribution in [3.63, 3.8) is 0 Å². The van der Waals surface area contributed by atoms with Gasteiger partial charge >= 0.3 is 0 Å². The summed E-state index contributed by atoms with van der Waals surface area (Å²) >= 11 is 3.40. The molecule has 0 radical (unpaired) electrons. The van der Waals surface area contributed by atoms with Gasteiger partial charge in [-0.1, -0.05) is 22.0 Å². The number of nitrogens with one attached hydrogen (secondary N) is 1. The maximum atomic E-state index is 9.61. The van der Waals surface area contributed by atoms with Crippen LogP contribution < -0.4 is 10.1 Å². The molecule has 1 fully saturated rings. The van der Waals surface area contributed by atoms with Crippen molar-refractivity contribution in [2.24, 2.45) is 0 Å². The number of β-amino-alcohol motifs (C(OH)–C–C–N with tert-alkyl or cyclic N) is 1. The monoisotopic (exact) mass is 271 g/mol. The Morgan fingerprint density at radius 3 is 2.93 bits per heavy atom. The lowest BCUT2D eigenvalue weighted by atomic mass is 10.2. The van der Waals surface area contributed by atoms with Gasteiger partial charge in [0.1, 0.15) is 18.0 Å². The van der Waals surface area contributed by atoms with Crippen LogP contribution in [0.1, 0.15) is 5.56 Å². The zero-order valence-electron chi connectivity index (χ0n) is 8.53. The molecule has 1 aliphatic heterocycles. The molecule has 0 bridgehead atoms. The Hall–Kier alpha value is -0.580. The van der Waals surface area contributed by atoms with Crippen LogP contribution >= 0.6 is 15.9 Å². The van der Waals surface area contributed by atoms with Gasteiger partial charge in [-0.15, -0.1) is 0 Å². The number of aliphatic hydroxyl groups is 1. The molecule has 4 heteroatoms. The van der Waals surface area contributed by atoms with Crippen LogP contribution in [0, 0.1) is 6.92 Å². The van der Waals surface area contributed by atoms with Crippen molar-refractivity contribution >= 4 is 15.9 Å². The molecule has 0 spiro atoms. The lowest BCUT2D eigenvalue weighted by Crippen LogP contribution is -2.30. The van der Waals surface area contributed by atoms with Crippen LogP contribution in [-0.4, -0.2) is 30.4 Å². The second-order valence-corrected chi connectivity index (χ2v) is 4.71. The largest absolute Gasteiger partial charge is 0.486 e. The number of aryl methyl sites for hydroxylation is 1. The van der Waals surface area contributed by atoms with Crippen LogP contribution in [0.3, 0.4) is 0 Å². The van der Waals surface area contributed by atoms with Crippen molar-refractivity contribution in [3.8, 4) is 5.75 Å². The summed E-state index contributed by atoms with van der Waals surface area (Å²) in [4.78, 5) is 0. The normalized spacial score (nSPS) is 25.5. The van der Waals surface area contributed by atoms with Crippen molar-refractivity contribution in [2.75, 3.05) is 13.1 Å². The number of hydrogen-bond acceptors (Lipinski definition) is 3. The number of benzene rings is 1. The molecule has 1 aliphatic rings. The highest BCUT2D eigenvalue weighted by molar-refractivity contribution is 9.10. The summed E-state index contributed by atoms with van der Waals surface area (Å²) in [7, 11) is 0. The number of rotatable bonds is 2. The van der Waals surface area contributed by atoms with Crippen molar-refractivity contribution < 1.29 is 9.84 Å². The van der Waals surface area contributed by atoms with Gasteiger partial charge in [-0.05, 0) is 24.6 Å². The minimum absolute atomic E-state index is 0.141. The molecule has 1 heterocycles. The Bertz CT molecular complexity index is 356. The predicted molar refractivity (Wildman–Crippen MR) is 62.2 cm³/mol. The highest BCUT2D eigenvalue weighted by Crippen LogP contribution is 2.24. The fraction of sp³-hybridized carbons (Fsp3) is 0.455. The van der Waals surface area contributed by atoms with Gasteiger partial charge in [-0.3, -0.25) is 0 Å². The molecule has 1 aromatic rings. The SMILES string of the molecule is Cc1ccc(Br)cc1OC1CNCC1O. The van der Waals surface area contributed by atoms with Gasteiger partial charge in [0.25, 0.3) is 0 Å². The topological polar surface area (TPSA) is 41.5 Å². The maximum Gasteiger partial charge on any atom is 0.138 e. The first kappa shape index (κ1) is 10.9. The summed E-state index contributed by atoms with van der Waals surface area (Å²) in [6.07, 6.45) is -0.554. The molecule has 1 saturated heterocycles. The Kier molecular flexibility index (Phi) is 3.29. The summed E-state index contributed by atoms with van der Waals surface area (Å²) in [5.74, 6) is 0.831. The third kappa shape index (κ3) is 2.51. The minimum Gasteiger partial charge on any atom is -0.486 e. The first-order valence-electron chi connectivity index (χ1n) is 4.98. The molecule has 3 nitrogen and oxygen atoms in total. The molecule has 2 atom stereocenters. The zero-order chi connectivity index (χ0) is 10.8. The molecular weight excluding hydrogens is 258 g/mol. The van der Waals surface area contributed by atoms with Crippen LogP contribution in [0.15, 0.2) is 22.7 Å². The maximum absolute atomic E-state index is 9.61. The summed E-state index contributed by atoms with van der Waals surface area (Å²) in [5, 5.41) is 12.7.